The van der Waals surface area contributed by atoms with Crippen molar-refractivity contribution in [3.63, 3.8) is 0 Å². The van der Waals surface area contributed by atoms with Crippen molar-refractivity contribution in [2.45, 2.75) is 13.1 Å². The van der Waals surface area contributed by atoms with Crippen LogP contribution in [0.4, 0.5) is 0 Å². The molecular weight excluding hydrogens is 274 g/mol. The molecule has 0 aliphatic rings. The quantitative estimate of drug-likeness (QED) is 0.681. The van der Waals surface area contributed by atoms with E-state index in [2.05, 4.69) is 33.4 Å². The van der Waals surface area contributed by atoms with Gasteiger partial charge in [-0.3, -0.25) is 4.99 Å². The zero-order valence-corrected chi connectivity index (χ0v) is 13.4. The van der Waals surface area contributed by atoms with Gasteiger partial charge in [0.25, 0.3) is 0 Å². The first-order chi connectivity index (χ1) is 10.7. The Morgan fingerprint density at radius 1 is 1.09 bits per heavy atom. The highest BCUT2D eigenvalue weighted by Gasteiger charge is 2.08. The molecule has 0 heterocycles. The second-order valence-electron chi connectivity index (χ2n) is 5.05. The van der Waals surface area contributed by atoms with Gasteiger partial charge in [-0.15, -0.1) is 0 Å². The topological polar surface area (TPSA) is 36.9 Å². The van der Waals surface area contributed by atoms with Crippen LogP contribution in [0.2, 0.25) is 0 Å². The highest BCUT2D eigenvalue weighted by molar-refractivity contribution is 5.79. The zero-order chi connectivity index (χ0) is 15.8. The summed E-state index contributed by atoms with van der Waals surface area (Å²) in [6.45, 7) is 1.49. The number of methoxy groups -OCH3 is 1. The van der Waals surface area contributed by atoms with Crippen LogP contribution in [0.25, 0.3) is 0 Å². The van der Waals surface area contributed by atoms with Crippen LogP contribution < -0.4 is 10.1 Å². The third kappa shape index (κ3) is 4.25. The third-order valence-corrected chi connectivity index (χ3v) is 3.47. The van der Waals surface area contributed by atoms with Gasteiger partial charge in [0.15, 0.2) is 5.96 Å². The lowest BCUT2D eigenvalue weighted by Crippen LogP contribution is -2.38. The Morgan fingerprint density at radius 2 is 1.77 bits per heavy atom. The van der Waals surface area contributed by atoms with Crippen LogP contribution in [0.15, 0.2) is 59.6 Å². The molecule has 0 aliphatic heterocycles. The maximum atomic E-state index is 5.37. The van der Waals surface area contributed by atoms with E-state index in [1.54, 1.807) is 14.2 Å². The van der Waals surface area contributed by atoms with Crippen molar-refractivity contribution in [1.82, 2.24) is 10.2 Å². The lowest BCUT2D eigenvalue weighted by atomic mass is 10.2. The molecule has 0 spiro atoms. The fourth-order valence-electron chi connectivity index (χ4n) is 2.34. The zero-order valence-electron chi connectivity index (χ0n) is 13.4. The summed E-state index contributed by atoms with van der Waals surface area (Å²) in [7, 11) is 5.52. The molecule has 0 aliphatic carbocycles. The Hall–Kier alpha value is -2.49. The van der Waals surface area contributed by atoms with Crippen LogP contribution in [-0.4, -0.2) is 32.1 Å². The molecule has 0 unspecified atom stereocenters. The van der Waals surface area contributed by atoms with Crippen molar-refractivity contribution in [2.24, 2.45) is 4.99 Å². The molecule has 2 aromatic carbocycles. The molecule has 0 bridgehead atoms. The molecule has 4 nitrogen and oxygen atoms in total. The molecule has 22 heavy (non-hydrogen) atoms. The molecule has 2 aromatic rings. The average molecular weight is 297 g/mol. The number of nitrogens with zero attached hydrogens (tertiary/aromatic N) is 2. The molecule has 0 radical (unpaired) electrons. The van der Waals surface area contributed by atoms with Crippen LogP contribution >= 0.6 is 0 Å². The van der Waals surface area contributed by atoms with E-state index < -0.39 is 0 Å². The molecule has 0 amide bonds. The molecule has 0 fully saturated rings. The predicted molar refractivity (Wildman–Crippen MR) is 91.1 cm³/mol. The van der Waals surface area contributed by atoms with Gasteiger partial charge in [0.1, 0.15) is 5.75 Å². The number of nitrogens with one attached hydrogen (secondary N) is 1. The summed E-state index contributed by atoms with van der Waals surface area (Å²) in [5.74, 6) is 1.74. The highest BCUT2D eigenvalue weighted by Crippen LogP contribution is 2.16. The minimum absolute atomic E-state index is 0.676. The number of hydrogen-bond donors (Lipinski definition) is 1. The van der Waals surface area contributed by atoms with Gasteiger partial charge in [0.05, 0.1) is 7.11 Å². The molecule has 0 saturated heterocycles. The molecule has 116 valence electrons. The van der Waals surface area contributed by atoms with Crippen LogP contribution in [0, 0.1) is 0 Å². The number of ether oxygens (including phenoxy) is 1. The van der Waals surface area contributed by atoms with E-state index in [1.807, 2.05) is 43.4 Å². The largest absolute Gasteiger partial charge is 0.496 e. The first-order valence-electron chi connectivity index (χ1n) is 7.32. The number of hydrogen-bond acceptors (Lipinski definition) is 2. The summed E-state index contributed by atoms with van der Waals surface area (Å²) in [5.41, 5.74) is 2.37. The van der Waals surface area contributed by atoms with Gasteiger partial charge in [-0.05, 0) is 11.6 Å². The van der Waals surface area contributed by atoms with Crippen molar-refractivity contribution >= 4 is 5.96 Å². The van der Waals surface area contributed by atoms with Crippen LogP contribution in [0.5, 0.6) is 5.75 Å². The van der Waals surface area contributed by atoms with Gasteiger partial charge in [-0.2, -0.15) is 0 Å². The van der Waals surface area contributed by atoms with Crippen molar-refractivity contribution in [1.29, 1.82) is 0 Å². The minimum atomic E-state index is 0.676. The maximum absolute atomic E-state index is 5.37. The van der Waals surface area contributed by atoms with E-state index in [0.29, 0.717) is 6.54 Å². The summed E-state index contributed by atoms with van der Waals surface area (Å²) in [5, 5.41) is 3.38. The molecule has 0 atom stereocenters. The first-order valence-corrected chi connectivity index (χ1v) is 7.32. The summed E-state index contributed by atoms with van der Waals surface area (Å²) in [6, 6.07) is 18.4. The van der Waals surface area contributed by atoms with Gasteiger partial charge in [-0.25, -0.2) is 0 Å². The molecule has 2 rings (SSSR count). The Labute approximate surface area is 132 Å². The van der Waals surface area contributed by atoms with E-state index in [4.69, 9.17) is 4.74 Å². The Bertz CT molecular complexity index is 611. The van der Waals surface area contributed by atoms with Crippen molar-refractivity contribution < 1.29 is 4.74 Å². The Kier molecular flexibility index (Phi) is 5.83. The minimum Gasteiger partial charge on any atom is -0.496 e. The lowest BCUT2D eigenvalue weighted by molar-refractivity contribution is 0.408. The summed E-state index contributed by atoms with van der Waals surface area (Å²) in [4.78, 5) is 6.45. The van der Waals surface area contributed by atoms with Crippen molar-refractivity contribution in [3.8, 4) is 5.75 Å². The number of aliphatic imine (C=N–C) groups is 1. The fraction of sp³-hybridized carbons (Fsp3) is 0.278. The van der Waals surface area contributed by atoms with Crippen LogP contribution in [0.1, 0.15) is 11.1 Å². The average Bonchev–Trinajstić information content (AvgIpc) is 2.56. The van der Waals surface area contributed by atoms with Gasteiger partial charge in [0.2, 0.25) is 0 Å². The van der Waals surface area contributed by atoms with Crippen molar-refractivity contribution in [3.05, 3.63) is 65.7 Å². The second-order valence-corrected chi connectivity index (χ2v) is 5.05. The number of para-hydroxylation sites is 1. The standard InChI is InChI=1S/C18H23N3O/c1-19-18(21(2)14-15-9-5-4-6-10-15)20-13-16-11-7-8-12-17(16)22-3/h4-12H,13-14H2,1-3H3,(H,19,20). The van der Waals surface area contributed by atoms with Crippen LogP contribution in [0.3, 0.4) is 0 Å². The number of guanidine groups is 1. The molecule has 4 heteroatoms. The molecular formula is C18H23N3O. The van der Waals surface area contributed by atoms with E-state index in [1.165, 1.54) is 5.56 Å². The lowest BCUT2D eigenvalue weighted by Gasteiger charge is -2.22. The van der Waals surface area contributed by atoms with Gasteiger partial charge in [0, 0.05) is 32.7 Å². The van der Waals surface area contributed by atoms with Gasteiger partial charge in [-0.1, -0.05) is 48.5 Å². The Morgan fingerprint density at radius 3 is 2.45 bits per heavy atom. The smallest absolute Gasteiger partial charge is 0.193 e. The summed E-state index contributed by atoms with van der Waals surface area (Å²) >= 11 is 0. The number of benzene rings is 2. The van der Waals surface area contributed by atoms with E-state index in [0.717, 1.165) is 23.8 Å². The summed E-state index contributed by atoms with van der Waals surface area (Å²) in [6.07, 6.45) is 0. The normalized spacial score (nSPS) is 11.1. The predicted octanol–water partition coefficient (Wildman–Crippen LogP) is 2.90. The fourth-order valence-corrected chi connectivity index (χ4v) is 2.34. The van der Waals surface area contributed by atoms with Gasteiger partial charge >= 0.3 is 0 Å². The first kappa shape index (κ1) is 15.9. The third-order valence-electron chi connectivity index (χ3n) is 3.47. The van der Waals surface area contributed by atoms with E-state index in [-0.39, 0.29) is 0 Å². The number of rotatable bonds is 5. The van der Waals surface area contributed by atoms with Crippen molar-refractivity contribution in [2.75, 3.05) is 21.2 Å². The monoisotopic (exact) mass is 297 g/mol. The second kappa shape index (κ2) is 8.08. The molecule has 1 N–H and O–H groups in total. The van der Waals surface area contributed by atoms with E-state index in [9.17, 15) is 0 Å². The van der Waals surface area contributed by atoms with Gasteiger partial charge < -0.3 is 15.0 Å². The highest BCUT2D eigenvalue weighted by atomic mass is 16.5. The summed E-state index contributed by atoms with van der Waals surface area (Å²) < 4.78 is 5.37. The molecule has 0 aromatic heterocycles. The SMILES string of the molecule is CN=C(NCc1ccccc1OC)N(C)Cc1ccccc1. The van der Waals surface area contributed by atoms with E-state index >= 15 is 0 Å². The Balaban J connectivity index is 1.97. The maximum Gasteiger partial charge on any atom is 0.193 e. The molecule has 0 saturated carbocycles. The van der Waals surface area contributed by atoms with Crippen LogP contribution in [-0.2, 0) is 13.1 Å².